The van der Waals surface area contributed by atoms with E-state index in [2.05, 4.69) is 0 Å². The molecule has 0 aromatic heterocycles. The van der Waals surface area contributed by atoms with Gasteiger partial charge in [-0.1, -0.05) is 6.42 Å². The van der Waals surface area contributed by atoms with Gasteiger partial charge in [-0.15, -0.1) is 0 Å². The van der Waals surface area contributed by atoms with Crippen LogP contribution in [-0.4, -0.2) is 71.3 Å². The molecule has 0 saturated carbocycles. The number of sulfonamides is 1. The van der Waals surface area contributed by atoms with E-state index in [1.54, 1.807) is 36.4 Å². The van der Waals surface area contributed by atoms with Crippen molar-refractivity contribution < 1.29 is 27.4 Å². The van der Waals surface area contributed by atoms with E-state index in [4.69, 9.17) is 19.5 Å². The number of morpholine rings is 1. The van der Waals surface area contributed by atoms with Crippen molar-refractivity contribution in [1.82, 2.24) is 4.31 Å². The number of esters is 1. The summed E-state index contributed by atoms with van der Waals surface area (Å²) in [4.78, 5) is 15.2. The predicted octanol–water partition coefficient (Wildman–Crippen LogP) is 2.81. The lowest BCUT2D eigenvalue weighted by Gasteiger charge is -2.31. The van der Waals surface area contributed by atoms with E-state index in [0.29, 0.717) is 56.4 Å². The summed E-state index contributed by atoms with van der Waals surface area (Å²) in [6, 6.07) is 13.4. The van der Waals surface area contributed by atoms with E-state index >= 15 is 0 Å². The highest BCUT2D eigenvalue weighted by molar-refractivity contribution is 7.89. The Bertz CT molecular complexity index is 1160. The van der Waals surface area contributed by atoms with Crippen molar-refractivity contribution in [3.8, 4) is 11.8 Å². The normalized spacial score (nSPS) is 16.9. The summed E-state index contributed by atoms with van der Waals surface area (Å²) in [5.74, 6) is -0.0470. The van der Waals surface area contributed by atoms with Crippen LogP contribution in [0.4, 0.5) is 5.69 Å². The molecule has 0 amide bonds. The van der Waals surface area contributed by atoms with Crippen LogP contribution >= 0.6 is 0 Å². The maximum atomic E-state index is 13.2. The Morgan fingerprint density at radius 1 is 0.971 bits per heavy atom. The second-order valence-electron chi connectivity index (χ2n) is 8.36. The molecule has 2 aromatic rings. The Labute approximate surface area is 205 Å². The molecule has 0 bridgehead atoms. The topological polar surface area (TPSA) is 109 Å². The number of piperidine rings is 1. The van der Waals surface area contributed by atoms with Gasteiger partial charge in [0.25, 0.3) is 0 Å². The van der Waals surface area contributed by atoms with Gasteiger partial charge in [0.1, 0.15) is 19.0 Å². The van der Waals surface area contributed by atoms with Crippen LogP contribution in [0, 0.1) is 11.3 Å². The molecular weight excluding hydrogens is 470 g/mol. The zero-order valence-corrected chi connectivity index (χ0v) is 20.3. The van der Waals surface area contributed by atoms with E-state index in [-0.39, 0.29) is 23.7 Å². The SMILES string of the molecule is N#Cc1ccc(OCCOC(=O)c2cc(S(=O)(=O)N3CCCCC3)ccc2N2CCOCC2)cc1. The zero-order valence-electron chi connectivity index (χ0n) is 19.5. The first kappa shape index (κ1) is 25.0. The number of nitriles is 1. The van der Waals surface area contributed by atoms with Crippen LogP contribution in [0.2, 0.25) is 0 Å². The standard InChI is InChI=1S/C25H29N3O6S/c26-19-20-4-6-21(7-5-20)33-16-17-34-25(29)23-18-22(35(30,31)28-10-2-1-3-11-28)8-9-24(23)27-12-14-32-15-13-27/h4-9,18H,1-3,10-17H2. The van der Waals surface area contributed by atoms with E-state index in [0.717, 1.165) is 19.3 Å². The number of carbonyl (C=O) groups excluding carboxylic acids is 1. The van der Waals surface area contributed by atoms with E-state index in [1.807, 2.05) is 11.0 Å². The largest absolute Gasteiger partial charge is 0.490 e. The Balaban J connectivity index is 1.49. The summed E-state index contributed by atoms with van der Waals surface area (Å²) in [6.45, 7) is 3.34. The summed E-state index contributed by atoms with van der Waals surface area (Å²) in [7, 11) is -3.70. The first-order valence-corrected chi connectivity index (χ1v) is 13.2. The van der Waals surface area contributed by atoms with E-state index in [9.17, 15) is 13.2 Å². The van der Waals surface area contributed by atoms with Crippen LogP contribution in [-0.2, 0) is 19.5 Å². The zero-order chi connectivity index (χ0) is 24.7. The number of hydrogen-bond donors (Lipinski definition) is 0. The van der Waals surface area contributed by atoms with Crippen LogP contribution in [0.15, 0.2) is 47.4 Å². The maximum absolute atomic E-state index is 13.2. The first-order chi connectivity index (χ1) is 17.0. The fraction of sp³-hybridized carbons (Fsp3) is 0.440. The van der Waals surface area contributed by atoms with Crippen molar-refractivity contribution in [2.75, 3.05) is 57.5 Å². The van der Waals surface area contributed by atoms with Crippen molar-refractivity contribution in [2.45, 2.75) is 24.2 Å². The summed E-state index contributed by atoms with van der Waals surface area (Å²) < 4.78 is 44.4. The van der Waals surface area contributed by atoms with Gasteiger partial charge in [-0.3, -0.25) is 0 Å². The second kappa shape index (κ2) is 11.5. The van der Waals surface area contributed by atoms with Gasteiger partial charge in [0.05, 0.1) is 41.0 Å². The minimum absolute atomic E-state index is 0.00944. The van der Waals surface area contributed by atoms with Crippen LogP contribution in [0.3, 0.4) is 0 Å². The highest BCUT2D eigenvalue weighted by Gasteiger charge is 2.29. The van der Waals surface area contributed by atoms with Crippen molar-refractivity contribution in [2.24, 2.45) is 0 Å². The van der Waals surface area contributed by atoms with Crippen molar-refractivity contribution in [1.29, 1.82) is 5.26 Å². The third-order valence-electron chi connectivity index (χ3n) is 6.06. The Morgan fingerprint density at radius 3 is 2.37 bits per heavy atom. The maximum Gasteiger partial charge on any atom is 0.340 e. The monoisotopic (exact) mass is 499 g/mol. The highest BCUT2D eigenvalue weighted by atomic mass is 32.2. The third-order valence-corrected chi connectivity index (χ3v) is 7.96. The number of rotatable bonds is 8. The molecule has 2 heterocycles. The van der Waals surface area contributed by atoms with Gasteiger partial charge in [0.15, 0.2) is 0 Å². The van der Waals surface area contributed by atoms with Crippen LogP contribution in [0.1, 0.15) is 35.2 Å². The fourth-order valence-corrected chi connectivity index (χ4v) is 5.71. The Kier molecular flexibility index (Phi) is 8.23. The van der Waals surface area contributed by atoms with Gasteiger partial charge in [0, 0.05) is 26.2 Å². The summed E-state index contributed by atoms with van der Waals surface area (Å²) in [6.07, 6.45) is 2.68. The number of carbonyl (C=O) groups is 1. The predicted molar refractivity (Wildman–Crippen MR) is 129 cm³/mol. The van der Waals surface area contributed by atoms with Gasteiger partial charge in [0.2, 0.25) is 10.0 Å². The third kappa shape index (κ3) is 6.11. The van der Waals surface area contributed by atoms with Crippen molar-refractivity contribution in [3.05, 3.63) is 53.6 Å². The minimum Gasteiger partial charge on any atom is -0.490 e. The number of anilines is 1. The number of ether oxygens (including phenoxy) is 3. The van der Waals surface area contributed by atoms with Gasteiger partial charge < -0.3 is 19.1 Å². The molecule has 2 aliphatic heterocycles. The van der Waals surface area contributed by atoms with E-state index < -0.39 is 16.0 Å². The van der Waals surface area contributed by atoms with Gasteiger partial charge in [-0.25, -0.2) is 13.2 Å². The lowest BCUT2D eigenvalue weighted by molar-refractivity contribution is 0.0450. The molecular formula is C25H29N3O6S. The summed E-state index contributed by atoms with van der Waals surface area (Å²) >= 11 is 0. The second-order valence-corrected chi connectivity index (χ2v) is 10.3. The summed E-state index contributed by atoms with van der Waals surface area (Å²) in [5.41, 5.74) is 1.37. The highest BCUT2D eigenvalue weighted by Crippen LogP contribution is 2.28. The van der Waals surface area contributed by atoms with Crippen molar-refractivity contribution >= 4 is 21.7 Å². The lowest BCUT2D eigenvalue weighted by atomic mass is 10.1. The smallest absolute Gasteiger partial charge is 0.340 e. The first-order valence-electron chi connectivity index (χ1n) is 11.8. The van der Waals surface area contributed by atoms with E-state index in [1.165, 1.54) is 10.4 Å². The average molecular weight is 500 g/mol. The average Bonchev–Trinajstić information content (AvgIpc) is 2.92. The number of benzene rings is 2. The van der Waals surface area contributed by atoms with Crippen LogP contribution < -0.4 is 9.64 Å². The molecule has 2 aliphatic rings. The quantitative estimate of drug-likeness (QED) is 0.403. The molecule has 2 fully saturated rings. The number of nitrogens with zero attached hydrogens (tertiary/aromatic N) is 3. The molecule has 0 radical (unpaired) electrons. The molecule has 0 unspecified atom stereocenters. The Hall–Kier alpha value is -3.13. The molecule has 0 atom stereocenters. The van der Waals surface area contributed by atoms with Crippen LogP contribution in [0.5, 0.6) is 5.75 Å². The van der Waals surface area contributed by atoms with Crippen LogP contribution in [0.25, 0.3) is 0 Å². The number of hydrogen-bond acceptors (Lipinski definition) is 8. The molecule has 10 heteroatoms. The van der Waals surface area contributed by atoms with Gasteiger partial charge in [-0.05, 0) is 55.3 Å². The molecule has 0 spiro atoms. The molecule has 2 saturated heterocycles. The minimum atomic E-state index is -3.70. The molecule has 0 aliphatic carbocycles. The summed E-state index contributed by atoms with van der Waals surface area (Å²) in [5, 5.41) is 8.87. The molecule has 35 heavy (non-hydrogen) atoms. The lowest BCUT2D eigenvalue weighted by Crippen LogP contribution is -2.38. The molecule has 9 nitrogen and oxygen atoms in total. The molecule has 4 rings (SSSR count). The molecule has 186 valence electrons. The molecule has 2 aromatic carbocycles. The van der Waals surface area contributed by atoms with Gasteiger partial charge >= 0.3 is 5.97 Å². The Morgan fingerprint density at radius 2 is 1.69 bits per heavy atom. The fourth-order valence-electron chi connectivity index (χ4n) is 4.17. The molecule has 0 N–H and O–H groups in total. The van der Waals surface area contributed by atoms with Crippen molar-refractivity contribution in [3.63, 3.8) is 0 Å². The van der Waals surface area contributed by atoms with Gasteiger partial charge in [-0.2, -0.15) is 9.57 Å².